The van der Waals surface area contributed by atoms with Gasteiger partial charge in [-0.2, -0.15) is 0 Å². The Labute approximate surface area is 166 Å². The van der Waals surface area contributed by atoms with Crippen LogP contribution in [0, 0.1) is 0 Å². The Bertz CT molecular complexity index is 928. The molecule has 2 N–H and O–H groups in total. The van der Waals surface area contributed by atoms with Crippen molar-refractivity contribution in [3.05, 3.63) is 58.1 Å². The Morgan fingerprint density at radius 1 is 0.929 bits per heavy atom. The van der Waals surface area contributed by atoms with Crippen LogP contribution in [0.2, 0.25) is 0 Å². The molecule has 5 heteroatoms. The normalized spacial score (nSPS) is 19.3. The third kappa shape index (κ3) is 2.99. The van der Waals surface area contributed by atoms with Crippen molar-refractivity contribution in [3.63, 3.8) is 0 Å². The van der Waals surface area contributed by atoms with Crippen LogP contribution in [0.3, 0.4) is 0 Å². The van der Waals surface area contributed by atoms with Crippen molar-refractivity contribution in [1.82, 2.24) is 9.80 Å². The highest BCUT2D eigenvalue weighted by Crippen LogP contribution is 2.46. The number of benzene rings is 2. The first-order valence-corrected chi connectivity index (χ1v) is 10.0. The van der Waals surface area contributed by atoms with Gasteiger partial charge in [-0.3, -0.25) is 9.69 Å². The quantitative estimate of drug-likeness (QED) is 0.857. The van der Waals surface area contributed by atoms with Crippen LogP contribution in [0.25, 0.3) is 0 Å². The largest absolute Gasteiger partial charge is 0.507 e. The van der Waals surface area contributed by atoms with Crippen molar-refractivity contribution >= 4 is 5.78 Å². The lowest BCUT2D eigenvalue weighted by atomic mass is 9.67. The Kier molecular flexibility index (Phi) is 4.68. The summed E-state index contributed by atoms with van der Waals surface area (Å²) < 4.78 is 0. The van der Waals surface area contributed by atoms with Gasteiger partial charge in [-0.15, -0.1) is 0 Å². The number of carbonyl (C=O) groups is 1. The summed E-state index contributed by atoms with van der Waals surface area (Å²) in [4.78, 5) is 17.9. The minimum atomic E-state index is -0.480. The van der Waals surface area contributed by atoms with Gasteiger partial charge < -0.3 is 15.1 Å². The third-order valence-corrected chi connectivity index (χ3v) is 6.34. The monoisotopic (exact) mass is 380 g/mol. The summed E-state index contributed by atoms with van der Waals surface area (Å²) in [6, 6.07) is 8.96. The topological polar surface area (TPSA) is 64.0 Å². The van der Waals surface area contributed by atoms with Crippen LogP contribution in [0.4, 0.5) is 0 Å². The van der Waals surface area contributed by atoms with Gasteiger partial charge in [0.15, 0.2) is 0 Å². The Morgan fingerprint density at radius 2 is 1.57 bits per heavy atom. The summed E-state index contributed by atoms with van der Waals surface area (Å²) >= 11 is 0. The lowest BCUT2D eigenvalue weighted by Crippen LogP contribution is -2.45. The molecule has 1 saturated heterocycles. The van der Waals surface area contributed by atoms with Gasteiger partial charge in [0.25, 0.3) is 0 Å². The first-order chi connectivity index (χ1) is 13.3. The van der Waals surface area contributed by atoms with Crippen molar-refractivity contribution in [3.8, 4) is 11.5 Å². The van der Waals surface area contributed by atoms with E-state index in [1.54, 1.807) is 12.1 Å². The van der Waals surface area contributed by atoms with E-state index in [2.05, 4.69) is 22.8 Å². The van der Waals surface area contributed by atoms with E-state index in [0.717, 1.165) is 56.0 Å². The standard InChI is InChI=1S/C23H28N2O3/c1-4-24-8-10-25(11-9-24)14-15-12-17-21(19(27)13-15)22(28)20-16(23(17,2)3)6-5-7-18(20)26/h5-7,12-13,26-27H,4,8-11,14H2,1-3H3. The number of ketones is 1. The molecular weight excluding hydrogens is 352 g/mol. The van der Waals surface area contributed by atoms with Crippen molar-refractivity contribution in [2.75, 3.05) is 32.7 Å². The van der Waals surface area contributed by atoms with Crippen molar-refractivity contribution in [2.45, 2.75) is 32.7 Å². The number of nitrogens with zero attached hydrogens (tertiary/aromatic N) is 2. The van der Waals surface area contributed by atoms with Crippen LogP contribution in [0.5, 0.6) is 11.5 Å². The second-order valence-electron chi connectivity index (χ2n) is 8.40. The zero-order valence-electron chi connectivity index (χ0n) is 16.8. The van der Waals surface area contributed by atoms with Gasteiger partial charge in [0.05, 0.1) is 11.1 Å². The van der Waals surface area contributed by atoms with Crippen LogP contribution in [0.1, 0.15) is 53.4 Å². The Balaban J connectivity index is 1.71. The molecule has 1 heterocycles. The fraction of sp³-hybridized carbons (Fsp3) is 0.435. The molecule has 0 bridgehead atoms. The molecule has 1 aliphatic carbocycles. The molecule has 28 heavy (non-hydrogen) atoms. The highest BCUT2D eigenvalue weighted by molar-refractivity contribution is 6.16. The molecule has 4 rings (SSSR count). The number of phenolic OH excluding ortho intramolecular Hbond substituents is 2. The van der Waals surface area contributed by atoms with Gasteiger partial charge in [0, 0.05) is 38.1 Å². The lowest BCUT2D eigenvalue weighted by molar-refractivity contribution is 0.102. The molecule has 2 aromatic carbocycles. The molecule has 1 aliphatic heterocycles. The van der Waals surface area contributed by atoms with Crippen LogP contribution < -0.4 is 0 Å². The molecule has 0 radical (unpaired) electrons. The van der Waals surface area contributed by atoms with E-state index >= 15 is 0 Å². The lowest BCUT2D eigenvalue weighted by Gasteiger charge is -2.36. The Morgan fingerprint density at radius 3 is 2.25 bits per heavy atom. The number of hydrogen-bond acceptors (Lipinski definition) is 5. The zero-order valence-corrected chi connectivity index (χ0v) is 16.8. The number of phenols is 2. The summed E-state index contributed by atoms with van der Waals surface area (Å²) in [5.74, 6) is -0.326. The fourth-order valence-electron chi connectivity index (χ4n) is 4.60. The van der Waals surface area contributed by atoms with Crippen LogP contribution in [-0.4, -0.2) is 58.5 Å². The average molecular weight is 380 g/mol. The van der Waals surface area contributed by atoms with Gasteiger partial charge in [0.2, 0.25) is 5.78 Å². The van der Waals surface area contributed by atoms with E-state index in [4.69, 9.17) is 0 Å². The Hall–Kier alpha value is -2.37. The molecule has 0 unspecified atom stereocenters. The van der Waals surface area contributed by atoms with Crippen LogP contribution in [0.15, 0.2) is 30.3 Å². The molecule has 0 spiro atoms. The molecule has 5 nitrogen and oxygen atoms in total. The molecule has 1 fully saturated rings. The smallest absolute Gasteiger partial charge is 0.201 e. The maximum absolute atomic E-state index is 13.1. The number of carbonyl (C=O) groups excluding carboxylic acids is 1. The van der Waals surface area contributed by atoms with Crippen LogP contribution in [-0.2, 0) is 12.0 Å². The molecule has 0 aromatic heterocycles. The number of rotatable bonds is 3. The maximum atomic E-state index is 13.1. The van der Waals surface area contributed by atoms with E-state index in [9.17, 15) is 15.0 Å². The van der Waals surface area contributed by atoms with Gasteiger partial charge in [0.1, 0.15) is 11.5 Å². The number of fused-ring (bicyclic) bond motifs is 2. The molecule has 0 amide bonds. The van der Waals surface area contributed by atoms with E-state index in [0.29, 0.717) is 11.1 Å². The minimum Gasteiger partial charge on any atom is -0.507 e. The average Bonchev–Trinajstić information content (AvgIpc) is 2.66. The van der Waals surface area contributed by atoms with E-state index in [1.165, 1.54) is 6.07 Å². The second kappa shape index (κ2) is 6.90. The summed E-state index contributed by atoms with van der Waals surface area (Å²) in [5.41, 5.74) is 2.80. The molecular formula is C23H28N2O3. The molecule has 148 valence electrons. The minimum absolute atomic E-state index is 0.00618. The number of likely N-dealkylation sites (N-methyl/N-ethyl adjacent to an activating group) is 1. The number of piperazine rings is 1. The zero-order chi connectivity index (χ0) is 20.1. The summed E-state index contributed by atoms with van der Waals surface area (Å²) in [7, 11) is 0. The van der Waals surface area contributed by atoms with E-state index in [-0.39, 0.29) is 17.3 Å². The first-order valence-electron chi connectivity index (χ1n) is 10.0. The van der Waals surface area contributed by atoms with Gasteiger partial charge >= 0.3 is 0 Å². The van der Waals surface area contributed by atoms with Gasteiger partial charge in [-0.1, -0.05) is 39.0 Å². The molecule has 2 aliphatic rings. The number of aromatic hydroxyl groups is 2. The maximum Gasteiger partial charge on any atom is 0.201 e. The third-order valence-electron chi connectivity index (χ3n) is 6.34. The van der Waals surface area contributed by atoms with Crippen molar-refractivity contribution in [1.29, 1.82) is 0 Å². The van der Waals surface area contributed by atoms with E-state index in [1.807, 2.05) is 19.9 Å². The predicted octanol–water partition coefficient (Wildman–Crippen LogP) is 3.11. The van der Waals surface area contributed by atoms with Crippen molar-refractivity contribution in [2.24, 2.45) is 0 Å². The highest BCUT2D eigenvalue weighted by Gasteiger charge is 2.40. The summed E-state index contributed by atoms with van der Waals surface area (Å²) in [6.07, 6.45) is 0. The summed E-state index contributed by atoms with van der Waals surface area (Å²) in [5, 5.41) is 21.0. The van der Waals surface area contributed by atoms with Gasteiger partial charge in [-0.25, -0.2) is 0 Å². The van der Waals surface area contributed by atoms with Gasteiger partial charge in [-0.05, 0) is 35.4 Å². The van der Waals surface area contributed by atoms with Crippen molar-refractivity contribution < 1.29 is 15.0 Å². The van der Waals surface area contributed by atoms with Crippen LogP contribution >= 0.6 is 0 Å². The SMILES string of the molecule is CCN1CCN(Cc2cc(O)c3c(c2)C(C)(C)c2cccc(O)c2C3=O)CC1. The van der Waals surface area contributed by atoms with E-state index < -0.39 is 5.41 Å². The highest BCUT2D eigenvalue weighted by atomic mass is 16.3. The molecule has 0 atom stereocenters. The number of hydrogen-bond donors (Lipinski definition) is 2. The summed E-state index contributed by atoms with van der Waals surface area (Å²) in [6.45, 7) is 12.2. The molecule has 0 saturated carbocycles. The first kappa shape index (κ1) is 19.0. The molecule has 2 aromatic rings. The fourth-order valence-corrected chi connectivity index (χ4v) is 4.60. The predicted molar refractivity (Wildman–Crippen MR) is 109 cm³/mol. The second-order valence-corrected chi connectivity index (χ2v) is 8.40.